The smallest absolute Gasteiger partial charge is 0.326 e. The molecular formula is C16H29NO5. The molecule has 0 aromatic rings. The van der Waals surface area contributed by atoms with Crippen LogP contribution in [0.1, 0.15) is 47.0 Å². The van der Waals surface area contributed by atoms with Crippen molar-refractivity contribution in [2.24, 2.45) is 11.8 Å². The number of carboxylic acids is 1. The number of aliphatic carboxylic acids is 1. The number of rotatable bonds is 7. The van der Waals surface area contributed by atoms with E-state index in [-0.39, 0.29) is 29.8 Å². The summed E-state index contributed by atoms with van der Waals surface area (Å²) in [5, 5.41) is 11.9. The first-order valence-corrected chi connectivity index (χ1v) is 7.95. The number of hydrogen-bond acceptors (Lipinski definition) is 4. The Labute approximate surface area is 132 Å². The monoisotopic (exact) mass is 315 g/mol. The van der Waals surface area contributed by atoms with Crippen LogP contribution in [0.4, 0.5) is 0 Å². The molecule has 1 saturated heterocycles. The van der Waals surface area contributed by atoms with Crippen LogP contribution >= 0.6 is 0 Å². The van der Waals surface area contributed by atoms with Crippen LogP contribution < -0.4 is 5.32 Å². The predicted molar refractivity (Wildman–Crippen MR) is 82.6 cm³/mol. The van der Waals surface area contributed by atoms with Gasteiger partial charge in [0.15, 0.2) is 0 Å². The molecule has 6 heteroatoms. The largest absolute Gasteiger partial charge is 0.480 e. The average Bonchev–Trinajstić information content (AvgIpc) is 2.44. The molecule has 0 bridgehead atoms. The van der Waals surface area contributed by atoms with Crippen LogP contribution in [-0.2, 0) is 19.1 Å². The van der Waals surface area contributed by atoms with Gasteiger partial charge in [0.25, 0.3) is 0 Å². The summed E-state index contributed by atoms with van der Waals surface area (Å²) >= 11 is 0. The topological polar surface area (TPSA) is 84.9 Å². The van der Waals surface area contributed by atoms with Crippen molar-refractivity contribution in [2.75, 3.05) is 19.8 Å². The molecule has 1 aliphatic heterocycles. The summed E-state index contributed by atoms with van der Waals surface area (Å²) in [5.74, 6) is -1.16. The summed E-state index contributed by atoms with van der Waals surface area (Å²) in [6, 6.07) is -0.905. The molecule has 1 heterocycles. The molecule has 1 fully saturated rings. The molecule has 2 N–H and O–H groups in total. The normalized spacial score (nSPS) is 19.5. The van der Waals surface area contributed by atoms with Gasteiger partial charge in [0.1, 0.15) is 6.04 Å². The first-order chi connectivity index (χ1) is 10.2. The molecule has 0 aromatic heterocycles. The van der Waals surface area contributed by atoms with Gasteiger partial charge >= 0.3 is 5.97 Å². The van der Waals surface area contributed by atoms with E-state index in [1.54, 1.807) is 0 Å². The first kappa shape index (κ1) is 18.9. The van der Waals surface area contributed by atoms with Gasteiger partial charge in [-0.25, -0.2) is 4.79 Å². The van der Waals surface area contributed by atoms with Crippen molar-refractivity contribution in [3.8, 4) is 0 Å². The number of amides is 1. The zero-order valence-corrected chi connectivity index (χ0v) is 14.1. The van der Waals surface area contributed by atoms with Crippen molar-refractivity contribution in [2.45, 2.75) is 58.6 Å². The number of hydrogen-bond donors (Lipinski definition) is 2. The van der Waals surface area contributed by atoms with E-state index >= 15 is 0 Å². The van der Waals surface area contributed by atoms with E-state index in [9.17, 15) is 14.7 Å². The van der Waals surface area contributed by atoms with Crippen LogP contribution in [0.15, 0.2) is 0 Å². The van der Waals surface area contributed by atoms with Gasteiger partial charge in [-0.15, -0.1) is 0 Å². The number of ether oxygens (including phenoxy) is 2. The van der Waals surface area contributed by atoms with E-state index in [1.807, 2.05) is 27.7 Å². The maximum Gasteiger partial charge on any atom is 0.326 e. The van der Waals surface area contributed by atoms with Crippen molar-refractivity contribution in [1.29, 1.82) is 0 Å². The third-order valence-corrected chi connectivity index (χ3v) is 3.94. The van der Waals surface area contributed by atoms with Crippen LogP contribution in [-0.4, -0.2) is 48.4 Å². The molecule has 0 aromatic carbocycles. The molecule has 6 nitrogen and oxygen atoms in total. The molecule has 2 unspecified atom stereocenters. The Bertz CT molecular complexity index is 371. The van der Waals surface area contributed by atoms with Gasteiger partial charge in [0, 0.05) is 32.2 Å². The maximum absolute atomic E-state index is 12.3. The lowest BCUT2D eigenvalue weighted by atomic mass is 9.86. The second-order valence-corrected chi connectivity index (χ2v) is 6.89. The molecule has 0 radical (unpaired) electrons. The summed E-state index contributed by atoms with van der Waals surface area (Å²) in [6.07, 6.45) is 1.96. The second kappa shape index (κ2) is 8.48. The first-order valence-electron chi connectivity index (χ1n) is 7.95. The Morgan fingerprint density at radius 1 is 1.32 bits per heavy atom. The third kappa shape index (κ3) is 6.75. The average molecular weight is 315 g/mol. The summed E-state index contributed by atoms with van der Waals surface area (Å²) in [7, 11) is 0. The summed E-state index contributed by atoms with van der Waals surface area (Å²) in [5.41, 5.74) is -0.317. The fourth-order valence-electron chi connectivity index (χ4n) is 2.47. The van der Waals surface area contributed by atoms with Crippen molar-refractivity contribution < 1.29 is 24.2 Å². The number of nitrogens with one attached hydrogen (secondary N) is 1. The SMILES string of the molecule is CC(C(=O)NC(CCOC(C)(C)C)C(=O)O)C1CCOCC1. The highest BCUT2D eigenvalue weighted by molar-refractivity contribution is 5.84. The minimum atomic E-state index is -1.02. The van der Waals surface area contributed by atoms with E-state index in [0.29, 0.717) is 19.8 Å². The zero-order chi connectivity index (χ0) is 16.8. The van der Waals surface area contributed by atoms with E-state index < -0.39 is 12.0 Å². The Morgan fingerprint density at radius 2 is 1.91 bits per heavy atom. The summed E-state index contributed by atoms with van der Waals surface area (Å²) in [4.78, 5) is 23.6. The van der Waals surface area contributed by atoms with Crippen LogP contribution in [0.2, 0.25) is 0 Å². The van der Waals surface area contributed by atoms with Crippen LogP contribution in [0.25, 0.3) is 0 Å². The molecule has 128 valence electrons. The van der Waals surface area contributed by atoms with E-state index in [1.165, 1.54) is 0 Å². The fourth-order valence-corrected chi connectivity index (χ4v) is 2.47. The fraction of sp³-hybridized carbons (Fsp3) is 0.875. The molecule has 2 atom stereocenters. The van der Waals surface area contributed by atoms with Gasteiger partial charge < -0.3 is 19.9 Å². The molecule has 0 spiro atoms. The Kier molecular flexibility index (Phi) is 7.29. The minimum absolute atomic E-state index is 0.199. The van der Waals surface area contributed by atoms with Crippen LogP contribution in [0, 0.1) is 11.8 Å². The maximum atomic E-state index is 12.3. The van der Waals surface area contributed by atoms with Crippen molar-refractivity contribution in [3.63, 3.8) is 0 Å². The van der Waals surface area contributed by atoms with Gasteiger partial charge in [-0.3, -0.25) is 4.79 Å². The highest BCUT2D eigenvalue weighted by Crippen LogP contribution is 2.23. The zero-order valence-electron chi connectivity index (χ0n) is 14.1. The minimum Gasteiger partial charge on any atom is -0.480 e. The van der Waals surface area contributed by atoms with Crippen molar-refractivity contribution in [1.82, 2.24) is 5.32 Å². The third-order valence-electron chi connectivity index (χ3n) is 3.94. The molecule has 0 aliphatic carbocycles. The van der Waals surface area contributed by atoms with Crippen molar-refractivity contribution in [3.05, 3.63) is 0 Å². The summed E-state index contributed by atoms with van der Waals surface area (Å²) < 4.78 is 10.8. The van der Waals surface area contributed by atoms with Gasteiger partial charge in [0.2, 0.25) is 5.91 Å². The Balaban J connectivity index is 2.47. The Hall–Kier alpha value is -1.14. The quantitative estimate of drug-likeness (QED) is 0.748. The lowest BCUT2D eigenvalue weighted by Gasteiger charge is -2.28. The van der Waals surface area contributed by atoms with Crippen LogP contribution in [0.5, 0.6) is 0 Å². The number of carboxylic acid groups (broad SMARTS) is 1. The van der Waals surface area contributed by atoms with E-state index in [0.717, 1.165) is 12.8 Å². The summed E-state index contributed by atoms with van der Waals surface area (Å²) in [6.45, 7) is 9.23. The van der Waals surface area contributed by atoms with Gasteiger partial charge in [0.05, 0.1) is 5.60 Å². The lowest BCUT2D eigenvalue weighted by Crippen LogP contribution is -2.46. The molecular weight excluding hydrogens is 286 g/mol. The van der Waals surface area contributed by atoms with E-state index in [2.05, 4.69) is 5.32 Å². The molecule has 0 saturated carbocycles. The van der Waals surface area contributed by atoms with Gasteiger partial charge in [-0.05, 0) is 39.5 Å². The second-order valence-electron chi connectivity index (χ2n) is 6.89. The highest BCUT2D eigenvalue weighted by Gasteiger charge is 2.29. The standard InChI is InChI=1S/C16H29NO5/c1-11(12-5-8-21-9-6-12)14(18)17-13(15(19)20)7-10-22-16(2,3)4/h11-13H,5-10H2,1-4H3,(H,17,18)(H,19,20). The van der Waals surface area contributed by atoms with Crippen molar-refractivity contribution >= 4 is 11.9 Å². The van der Waals surface area contributed by atoms with Crippen LogP contribution in [0.3, 0.4) is 0 Å². The Morgan fingerprint density at radius 3 is 2.41 bits per heavy atom. The molecule has 1 aliphatic rings. The van der Waals surface area contributed by atoms with Gasteiger partial charge in [-0.2, -0.15) is 0 Å². The van der Waals surface area contributed by atoms with Gasteiger partial charge in [-0.1, -0.05) is 6.92 Å². The number of carbonyl (C=O) groups excluding carboxylic acids is 1. The van der Waals surface area contributed by atoms with E-state index in [4.69, 9.17) is 9.47 Å². The predicted octanol–water partition coefficient (Wildman–Crippen LogP) is 1.82. The highest BCUT2D eigenvalue weighted by atomic mass is 16.5. The number of carbonyl (C=O) groups is 2. The molecule has 1 rings (SSSR count). The molecule has 22 heavy (non-hydrogen) atoms. The lowest BCUT2D eigenvalue weighted by molar-refractivity contribution is -0.144. The molecule has 1 amide bonds.